The van der Waals surface area contributed by atoms with Crippen molar-refractivity contribution < 1.29 is 22.7 Å². The molecule has 1 aliphatic heterocycles. The van der Waals surface area contributed by atoms with Crippen LogP contribution in [0.3, 0.4) is 0 Å². The molecule has 116 valence electrons. The first-order chi connectivity index (χ1) is 9.85. The van der Waals surface area contributed by atoms with Gasteiger partial charge in [-0.1, -0.05) is 0 Å². The zero-order valence-electron chi connectivity index (χ0n) is 11.8. The summed E-state index contributed by atoms with van der Waals surface area (Å²) in [5.74, 6) is -0.730. The number of nitrogens with one attached hydrogen (secondary N) is 1. The van der Waals surface area contributed by atoms with E-state index in [0.29, 0.717) is 13.0 Å². The molecular formula is C13H18N2O5S. The summed E-state index contributed by atoms with van der Waals surface area (Å²) in [6.07, 6.45) is 0.360. The monoisotopic (exact) mass is 314 g/mol. The van der Waals surface area contributed by atoms with E-state index in [1.807, 2.05) is 0 Å². The van der Waals surface area contributed by atoms with Crippen molar-refractivity contribution in [3.8, 4) is 0 Å². The highest BCUT2D eigenvalue weighted by Crippen LogP contribution is 2.22. The number of methoxy groups -OCH3 is 1. The van der Waals surface area contributed by atoms with Gasteiger partial charge in [0.1, 0.15) is 0 Å². The Morgan fingerprint density at radius 3 is 2.76 bits per heavy atom. The minimum Gasteiger partial charge on any atom is -0.465 e. The predicted molar refractivity (Wildman–Crippen MR) is 76.3 cm³/mol. The lowest BCUT2D eigenvalue weighted by Gasteiger charge is -2.17. The second kappa shape index (κ2) is 6.00. The van der Waals surface area contributed by atoms with Crippen molar-refractivity contribution in [3.63, 3.8) is 0 Å². The lowest BCUT2D eigenvalue weighted by Crippen LogP contribution is -2.39. The molecule has 8 heteroatoms. The van der Waals surface area contributed by atoms with Crippen molar-refractivity contribution in [1.82, 2.24) is 4.72 Å². The van der Waals surface area contributed by atoms with E-state index in [0.717, 1.165) is 0 Å². The van der Waals surface area contributed by atoms with E-state index in [9.17, 15) is 13.2 Å². The molecule has 2 atom stereocenters. The fourth-order valence-electron chi connectivity index (χ4n) is 2.19. The molecule has 2 rings (SSSR count). The molecule has 1 aromatic rings. The Bertz CT molecular complexity index is 644. The number of nitrogen functional groups attached to an aromatic ring is 1. The van der Waals surface area contributed by atoms with Gasteiger partial charge in [0.25, 0.3) is 0 Å². The average molecular weight is 314 g/mol. The number of nitrogens with two attached hydrogens (primary N) is 1. The molecule has 21 heavy (non-hydrogen) atoms. The van der Waals surface area contributed by atoms with Gasteiger partial charge in [-0.05, 0) is 31.5 Å². The van der Waals surface area contributed by atoms with Gasteiger partial charge in [0, 0.05) is 12.3 Å². The maximum atomic E-state index is 12.5. The van der Waals surface area contributed by atoms with Gasteiger partial charge in [0.2, 0.25) is 10.0 Å². The lowest BCUT2D eigenvalue weighted by atomic mass is 10.2. The smallest absolute Gasteiger partial charge is 0.339 e. The molecule has 0 amide bonds. The fraction of sp³-hybridized carbons (Fsp3) is 0.462. The number of carbonyl (C=O) groups is 1. The Morgan fingerprint density at radius 1 is 1.48 bits per heavy atom. The minimum atomic E-state index is -3.90. The van der Waals surface area contributed by atoms with Crippen LogP contribution in [0, 0.1) is 0 Å². The molecule has 0 spiro atoms. The van der Waals surface area contributed by atoms with Gasteiger partial charge in [-0.3, -0.25) is 0 Å². The molecule has 7 nitrogen and oxygen atoms in total. The van der Waals surface area contributed by atoms with Crippen molar-refractivity contribution in [2.24, 2.45) is 0 Å². The SMILES string of the molecule is COC(=O)c1ccc(N)cc1S(=O)(=O)NC1CCOC1C. The molecule has 0 aromatic heterocycles. The van der Waals surface area contributed by atoms with Crippen LogP contribution in [0.1, 0.15) is 23.7 Å². The van der Waals surface area contributed by atoms with E-state index in [1.165, 1.54) is 25.3 Å². The lowest BCUT2D eigenvalue weighted by molar-refractivity contribution is 0.0596. The molecule has 0 saturated carbocycles. The first-order valence-electron chi connectivity index (χ1n) is 6.47. The molecule has 0 aliphatic carbocycles. The highest BCUT2D eigenvalue weighted by molar-refractivity contribution is 7.89. The molecule has 1 fully saturated rings. The van der Waals surface area contributed by atoms with Crippen LogP contribution in [0.5, 0.6) is 0 Å². The fourth-order valence-corrected chi connectivity index (χ4v) is 3.76. The largest absolute Gasteiger partial charge is 0.465 e. The topological polar surface area (TPSA) is 108 Å². The summed E-state index contributed by atoms with van der Waals surface area (Å²) < 4.78 is 37.5. The van der Waals surface area contributed by atoms with Gasteiger partial charge in [-0.2, -0.15) is 0 Å². The quantitative estimate of drug-likeness (QED) is 0.619. The van der Waals surface area contributed by atoms with Gasteiger partial charge in [0.05, 0.1) is 29.7 Å². The molecule has 1 heterocycles. The van der Waals surface area contributed by atoms with E-state index in [-0.39, 0.29) is 28.3 Å². The third kappa shape index (κ3) is 3.34. The Labute approximate surface area is 123 Å². The minimum absolute atomic E-state index is 0.0502. The van der Waals surface area contributed by atoms with E-state index in [2.05, 4.69) is 9.46 Å². The van der Waals surface area contributed by atoms with Gasteiger partial charge in [-0.25, -0.2) is 17.9 Å². The molecule has 2 unspecified atom stereocenters. The number of benzene rings is 1. The van der Waals surface area contributed by atoms with Gasteiger partial charge < -0.3 is 15.2 Å². The van der Waals surface area contributed by atoms with Crippen LogP contribution in [0.2, 0.25) is 0 Å². The van der Waals surface area contributed by atoms with Crippen molar-refractivity contribution in [2.75, 3.05) is 19.5 Å². The summed E-state index contributed by atoms with van der Waals surface area (Å²) >= 11 is 0. The summed E-state index contributed by atoms with van der Waals surface area (Å²) in [5.41, 5.74) is 5.83. The molecule has 0 bridgehead atoms. The van der Waals surface area contributed by atoms with Gasteiger partial charge >= 0.3 is 5.97 Å². The summed E-state index contributed by atoms with van der Waals surface area (Å²) in [7, 11) is -2.71. The van der Waals surface area contributed by atoms with E-state index < -0.39 is 16.0 Å². The molecular weight excluding hydrogens is 296 g/mol. The third-order valence-electron chi connectivity index (χ3n) is 3.38. The van der Waals surface area contributed by atoms with Gasteiger partial charge in [0.15, 0.2) is 0 Å². The van der Waals surface area contributed by atoms with Crippen LogP contribution in [0.15, 0.2) is 23.1 Å². The first kappa shape index (κ1) is 15.7. The van der Waals surface area contributed by atoms with E-state index >= 15 is 0 Å². The van der Waals surface area contributed by atoms with Crippen LogP contribution in [-0.4, -0.2) is 40.2 Å². The number of ether oxygens (including phenoxy) is 2. The van der Waals surface area contributed by atoms with E-state index in [4.69, 9.17) is 10.5 Å². The molecule has 0 radical (unpaired) electrons. The third-order valence-corrected chi connectivity index (χ3v) is 4.91. The number of sulfonamides is 1. The van der Waals surface area contributed by atoms with Crippen molar-refractivity contribution in [3.05, 3.63) is 23.8 Å². The zero-order valence-corrected chi connectivity index (χ0v) is 12.6. The average Bonchev–Trinajstić information content (AvgIpc) is 2.82. The standard InChI is InChI=1S/C13H18N2O5S/c1-8-11(5-6-20-8)15-21(17,18)12-7-9(14)3-4-10(12)13(16)19-2/h3-4,7-8,11,15H,5-6,14H2,1-2H3. The Balaban J connectivity index is 2.39. The Kier molecular flexibility index (Phi) is 4.50. The number of hydrogen-bond acceptors (Lipinski definition) is 6. The Morgan fingerprint density at radius 2 is 2.19 bits per heavy atom. The highest BCUT2D eigenvalue weighted by Gasteiger charge is 2.31. The molecule has 1 saturated heterocycles. The van der Waals surface area contributed by atoms with Gasteiger partial charge in [-0.15, -0.1) is 0 Å². The maximum absolute atomic E-state index is 12.5. The van der Waals surface area contributed by atoms with Crippen LogP contribution in [0.25, 0.3) is 0 Å². The van der Waals surface area contributed by atoms with Crippen molar-refractivity contribution in [1.29, 1.82) is 0 Å². The van der Waals surface area contributed by atoms with Crippen LogP contribution < -0.4 is 10.5 Å². The van der Waals surface area contributed by atoms with Crippen molar-refractivity contribution >= 4 is 21.7 Å². The molecule has 1 aliphatic rings. The predicted octanol–water partition coefficient (Wildman–Crippen LogP) is 0.511. The second-order valence-electron chi connectivity index (χ2n) is 4.84. The number of rotatable bonds is 4. The second-order valence-corrected chi connectivity index (χ2v) is 6.52. The number of carbonyl (C=O) groups excluding carboxylic acids is 1. The zero-order chi connectivity index (χ0) is 15.6. The van der Waals surface area contributed by atoms with Crippen LogP contribution >= 0.6 is 0 Å². The van der Waals surface area contributed by atoms with Crippen LogP contribution in [-0.2, 0) is 19.5 Å². The van der Waals surface area contributed by atoms with E-state index in [1.54, 1.807) is 6.92 Å². The van der Waals surface area contributed by atoms with Crippen LogP contribution in [0.4, 0.5) is 5.69 Å². The molecule has 1 aromatic carbocycles. The first-order valence-corrected chi connectivity index (χ1v) is 7.95. The summed E-state index contributed by atoms with van der Waals surface area (Å²) in [4.78, 5) is 11.5. The van der Waals surface area contributed by atoms with Crippen molar-refractivity contribution in [2.45, 2.75) is 30.4 Å². The summed E-state index contributed by atoms with van der Waals surface area (Å²) in [5, 5.41) is 0. The number of hydrogen-bond donors (Lipinski definition) is 2. The summed E-state index contributed by atoms with van der Waals surface area (Å²) in [6.45, 7) is 2.29. The normalized spacial score (nSPS) is 22.2. The number of anilines is 1. The highest BCUT2D eigenvalue weighted by atomic mass is 32.2. The number of esters is 1. The maximum Gasteiger partial charge on any atom is 0.339 e. The Hall–Kier alpha value is -1.64. The molecule has 3 N–H and O–H groups in total. The summed E-state index contributed by atoms with van der Waals surface area (Å²) in [6, 6.07) is 3.70.